The van der Waals surface area contributed by atoms with Gasteiger partial charge >= 0.3 is 0 Å². The van der Waals surface area contributed by atoms with Crippen molar-refractivity contribution in [3.8, 4) is 23.1 Å². The summed E-state index contributed by atoms with van der Waals surface area (Å²) in [6.45, 7) is 0.765. The third-order valence-corrected chi connectivity index (χ3v) is 5.00. The van der Waals surface area contributed by atoms with Gasteiger partial charge in [0.1, 0.15) is 11.8 Å². The molecule has 29 heavy (non-hydrogen) atoms. The highest BCUT2D eigenvalue weighted by molar-refractivity contribution is 5.91. The molecule has 8 heteroatoms. The molecule has 4 rings (SSSR count). The number of benzene rings is 1. The topological polar surface area (TPSA) is 131 Å². The maximum absolute atomic E-state index is 12.1. The number of carbonyl (C=O) groups excluding carboxylic acids is 1. The number of nitrogens with zero attached hydrogens (tertiary/aromatic N) is 4. The van der Waals surface area contributed by atoms with Crippen LogP contribution in [0.3, 0.4) is 0 Å². The third-order valence-electron chi connectivity index (χ3n) is 5.00. The maximum Gasteiger partial charge on any atom is 0.267 e. The van der Waals surface area contributed by atoms with Gasteiger partial charge in [0.05, 0.1) is 11.2 Å². The number of nitrogens with two attached hydrogens (primary N) is 2. The van der Waals surface area contributed by atoms with Gasteiger partial charge in [-0.25, -0.2) is 15.0 Å². The lowest BCUT2D eigenvalue weighted by Crippen LogP contribution is -2.37. The second-order valence-corrected chi connectivity index (χ2v) is 6.99. The van der Waals surface area contributed by atoms with Crippen LogP contribution in [0.2, 0.25) is 0 Å². The first-order valence-corrected chi connectivity index (χ1v) is 9.13. The Morgan fingerprint density at radius 3 is 2.83 bits per heavy atom. The zero-order chi connectivity index (χ0) is 20.6. The molecule has 0 spiro atoms. The van der Waals surface area contributed by atoms with Crippen molar-refractivity contribution in [3.05, 3.63) is 47.8 Å². The van der Waals surface area contributed by atoms with Gasteiger partial charge in [-0.3, -0.25) is 4.79 Å². The van der Waals surface area contributed by atoms with E-state index in [1.54, 1.807) is 7.05 Å². The third kappa shape index (κ3) is 3.38. The van der Waals surface area contributed by atoms with Crippen LogP contribution in [0.4, 0.5) is 5.82 Å². The highest BCUT2D eigenvalue weighted by atomic mass is 16.3. The molecule has 2 aromatic heterocycles. The molecule has 3 heterocycles. The summed E-state index contributed by atoms with van der Waals surface area (Å²) in [5.74, 6) is 5.56. The first-order valence-electron chi connectivity index (χ1n) is 9.13. The molecule has 3 aromatic rings. The molecule has 0 radical (unpaired) electrons. The van der Waals surface area contributed by atoms with Gasteiger partial charge in [0.15, 0.2) is 5.82 Å². The molecule has 1 amide bonds. The number of hydrogen-bond donors (Lipinski definition) is 3. The van der Waals surface area contributed by atoms with Crippen molar-refractivity contribution in [2.24, 2.45) is 5.73 Å². The zero-order valence-electron chi connectivity index (χ0n) is 15.9. The average Bonchev–Trinajstić information content (AvgIpc) is 3.00. The largest absolute Gasteiger partial charge is 0.382 e. The lowest BCUT2D eigenvalue weighted by molar-refractivity contribution is -0.137. The Kier molecular flexibility index (Phi) is 4.62. The van der Waals surface area contributed by atoms with Crippen LogP contribution in [0.25, 0.3) is 22.3 Å². The molecule has 0 saturated carbocycles. The number of aromatic nitrogens is 3. The van der Waals surface area contributed by atoms with Gasteiger partial charge in [0.25, 0.3) is 5.91 Å². The Labute approximate surface area is 167 Å². The molecule has 8 nitrogen and oxygen atoms in total. The van der Waals surface area contributed by atoms with E-state index >= 15 is 0 Å². The molecular formula is C21H20N6O2. The van der Waals surface area contributed by atoms with Gasteiger partial charge < -0.3 is 21.5 Å². The molecule has 0 unspecified atom stereocenters. The fourth-order valence-corrected chi connectivity index (χ4v) is 3.33. The average molecular weight is 388 g/mol. The molecule has 1 aliphatic rings. The lowest BCUT2D eigenvalue weighted by atomic mass is 10.0. The van der Waals surface area contributed by atoms with Crippen LogP contribution in [0.1, 0.15) is 17.5 Å². The van der Waals surface area contributed by atoms with Crippen LogP contribution in [0.15, 0.2) is 36.7 Å². The summed E-state index contributed by atoms with van der Waals surface area (Å²) in [6.07, 6.45) is 1.68. The van der Waals surface area contributed by atoms with Gasteiger partial charge in [-0.2, -0.15) is 0 Å². The number of carbonyl (C=O) groups is 1. The molecule has 0 bridgehead atoms. The predicted octanol–water partition coefficient (Wildman–Crippen LogP) is 0.677. The second kappa shape index (κ2) is 7.13. The second-order valence-electron chi connectivity index (χ2n) is 6.99. The first-order chi connectivity index (χ1) is 13.9. The number of hydrogen-bond acceptors (Lipinski definition) is 7. The highest BCUT2D eigenvalue weighted by Crippen LogP contribution is 2.26. The summed E-state index contributed by atoms with van der Waals surface area (Å²) < 4.78 is 0. The molecule has 1 fully saturated rings. The van der Waals surface area contributed by atoms with E-state index in [2.05, 4.69) is 26.8 Å². The number of anilines is 1. The van der Waals surface area contributed by atoms with Crippen LogP contribution in [-0.4, -0.2) is 50.1 Å². The Morgan fingerprint density at radius 1 is 1.28 bits per heavy atom. The zero-order valence-corrected chi connectivity index (χ0v) is 15.9. The monoisotopic (exact) mass is 388 g/mol. The van der Waals surface area contributed by atoms with Crippen LogP contribution >= 0.6 is 0 Å². The number of fused-ring (bicyclic) bond motifs is 1. The summed E-state index contributed by atoms with van der Waals surface area (Å²) in [5.41, 5.74) is 14.3. The molecule has 1 aliphatic heterocycles. The smallest absolute Gasteiger partial charge is 0.267 e. The van der Waals surface area contributed by atoms with Gasteiger partial charge in [-0.05, 0) is 23.8 Å². The van der Waals surface area contributed by atoms with Gasteiger partial charge in [0.2, 0.25) is 5.60 Å². The van der Waals surface area contributed by atoms with Crippen LogP contribution in [0, 0.1) is 11.8 Å². The van der Waals surface area contributed by atoms with E-state index in [0.29, 0.717) is 35.3 Å². The van der Waals surface area contributed by atoms with Crippen molar-refractivity contribution in [2.75, 3.05) is 19.3 Å². The van der Waals surface area contributed by atoms with E-state index in [1.165, 1.54) is 11.2 Å². The van der Waals surface area contributed by atoms with Gasteiger partial charge in [-0.1, -0.05) is 24.0 Å². The maximum atomic E-state index is 12.1. The van der Waals surface area contributed by atoms with E-state index in [9.17, 15) is 9.90 Å². The Balaban J connectivity index is 1.75. The number of aliphatic hydroxyl groups is 1. The lowest BCUT2D eigenvalue weighted by Gasteiger charge is -2.13. The number of likely N-dealkylation sites (N-methyl/N-ethyl adjacent to an activating group) is 1. The summed E-state index contributed by atoms with van der Waals surface area (Å²) in [7, 11) is 1.65. The Morgan fingerprint density at radius 2 is 2.10 bits per heavy atom. The highest BCUT2D eigenvalue weighted by Gasteiger charge is 2.42. The predicted molar refractivity (Wildman–Crippen MR) is 109 cm³/mol. The molecule has 1 aromatic carbocycles. The minimum atomic E-state index is -1.63. The van der Waals surface area contributed by atoms with E-state index in [4.69, 9.17) is 11.5 Å². The van der Waals surface area contributed by atoms with E-state index in [0.717, 1.165) is 11.1 Å². The summed E-state index contributed by atoms with van der Waals surface area (Å²) >= 11 is 0. The molecular weight excluding hydrogens is 368 g/mol. The van der Waals surface area contributed by atoms with Gasteiger partial charge in [-0.15, -0.1) is 0 Å². The quantitative estimate of drug-likeness (QED) is 0.550. The summed E-state index contributed by atoms with van der Waals surface area (Å²) in [6, 6.07) is 9.25. The number of amides is 1. The number of pyridine rings is 1. The number of nitrogen functional groups attached to an aromatic ring is 1. The first kappa shape index (κ1) is 18.8. The fourth-order valence-electron chi connectivity index (χ4n) is 3.33. The van der Waals surface area contributed by atoms with E-state index in [-0.39, 0.29) is 18.3 Å². The van der Waals surface area contributed by atoms with Crippen molar-refractivity contribution >= 4 is 22.8 Å². The van der Waals surface area contributed by atoms with Crippen molar-refractivity contribution in [1.82, 2.24) is 19.9 Å². The summed E-state index contributed by atoms with van der Waals surface area (Å²) in [5, 5.41) is 10.5. The Bertz CT molecular complexity index is 1180. The van der Waals surface area contributed by atoms with Crippen molar-refractivity contribution in [1.29, 1.82) is 0 Å². The van der Waals surface area contributed by atoms with Crippen molar-refractivity contribution in [2.45, 2.75) is 18.6 Å². The van der Waals surface area contributed by atoms with E-state index < -0.39 is 5.60 Å². The summed E-state index contributed by atoms with van der Waals surface area (Å²) in [4.78, 5) is 26.4. The Hall–Kier alpha value is -3.54. The molecule has 146 valence electrons. The molecule has 1 saturated heterocycles. The van der Waals surface area contributed by atoms with Crippen LogP contribution in [0.5, 0.6) is 0 Å². The minimum Gasteiger partial charge on any atom is -0.382 e. The van der Waals surface area contributed by atoms with Crippen molar-refractivity contribution < 1.29 is 9.90 Å². The van der Waals surface area contributed by atoms with Crippen LogP contribution < -0.4 is 11.5 Å². The fraction of sp³-hybridized carbons (Fsp3) is 0.238. The standard InChI is InChI=1S/C21H20N6O2/c1-27-8-7-21(29,20(27)28)6-5-13-3-2-4-14(9-13)16-10-15(11-22)17-18(26-16)19(23)25-12-24-17/h2-4,9-10,12,29H,7-8,11,22H2,1H3,(H2,23,24,25)/t21-/m0/s1. The van der Waals surface area contributed by atoms with Crippen LogP contribution in [-0.2, 0) is 11.3 Å². The number of likely N-dealkylation sites (tertiary alicyclic amines) is 1. The van der Waals surface area contributed by atoms with E-state index in [1.807, 2.05) is 30.3 Å². The number of rotatable bonds is 2. The normalized spacial score (nSPS) is 18.7. The molecule has 1 atom stereocenters. The molecule has 5 N–H and O–H groups in total. The minimum absolute atomic E-state index is 0.282. The SMILES string of the molecule is CN1CC[C@@](O)(C#Cc2cccc(-c3cc(CN)c4ncnc(N)c4n3)c2)C1=O. The van der Waals surface area contributed by atoms with Gasteiger partial charge in [0, 0.05) is 37.7 Å². The molecule has 0 aliphatic carbocycles. The van der Waals surface area contributed by atoms with Crippen molar-refractivity contribution in [3.63, 3.8) is 0 Å².